The lowest BCUT2D eigenvalue weighted by Crippen LogP contribution is -2.35. The Hall–Kier alpha value is -6.05. The van der Waals surface area contributed by atoms with E-state index in [1.54, 1.807) is 24.3 Å². The van der Waals surface area contributed by atoms with Gasteiger partial charge in [0.05, 0.1) is 63.1 Å². The van der Waals surface area contributed by atoms with E-state index in [0.717, 1.165) is 22.3 Å². The number of sulfonamides is 1. The molecule has 52 heavy (non-hydrogen) atoms. The molecule has 1 amide bonds. The number of aryl methyl sites for hydroxylation is 2. The third-order valence-electron chi connectivity index (χ3n) is 8.22. The van der Waals surface area contributed by atoms with Crippen LogP contribution in [-0.2, 0) is 29.9 Å². The molecule has 2 heterocycles. The number of carboxylic acid groups (broad SMARTS) is 1. The summed E-state index contributed by atoms with van der Waals surface area (Å²) in [5, 5.41) is 26.3. The first-order valence-electron chi connectivity index (χ1n) is 15.5. The van der Waals surface area contributed by atoms with Crippen molar-refractivity contribution in [1.82, 2.24) is 24.6 Å². The normalized spacial score (nSPS) is 12.1. The minimum Gasteiger partial charge on any atom is -0.497 e. The van der Waals surface area contributed by atoms with Gasteiger partial charge in [-0.1, -0.05) is 23.7 Å². The van der Waals surface area contributed by atoms with Crippen LogP contribution in [0.1, 0.15) is 28.6 Å². The molecular weight excluding hydrogens is 720 g/mol. The summed E-state index contributed by atoms with van der Waals surface area (Å²) >= 11 is 6.65. The van der Waals surface area contributed by atoms with Crippen LogP contribution in [-0.4, -0.2) is 51.8 Å². The molecule has 4 aromatic carbocycles. The smallest absolute Gasteiger partial charge is 0.405 e. The van der Waals surface area contributed by atoms with Crippen molar-refractivity contribution in [2.24, 2.45) is 7.05 Å². The molecule has 2 aromatic heterocycles. The largest absolute Gasteiger partial charge is 0.497 e. The van der Waals surface area contributed by atoms with E-state index in [4.69, 9.17) is 16.3 Å². The first kappa shape index (κ1) is 35.8. The minimum absolute atomic E-state index is 0.0519. The molecule has 0 bridgehead atoms. The molecule has 0 unspecified atom stereocenters. The number of fused-ring (bicyclic) bond motifs is 2. The Morgan fingerprint density at radius 2 is 1.77 bits per heavy atom. The maximum Gasteiger partial charge on any atom is 0.405 e. The Balaban J connectivity index is 1.51. The Morgan fingerprint density at radius 1 is 1.06 bits per heavy atom. The second-order valence-electron chi connectivity index (χ2n) is 11.7. The second-order valence-corrected chi connectivity index (χ2v) is 14.0. The number of amides is 1. The Labute approximate surface area is 299 Å². The van der Waals surface area contributed by atoms with Crippen molar-refractivity contribution in [3.8, 4) is 17.5 Å². The number of aromatic nitrogens is 4. The number of anilines is 1. The van der Waals surface area contributed by atoms with E-state index in [-0.39, 0.29) is 73.9 Å². The molecule has 0 saturated heterocycles. The maximum absolute atomic E-state index is 14.4. The number of nitrogens with one attached hydrogen (secondary N) is 2. The third kappa shape index (κ3) is 7.36. The maximum atomic E-state index is 14.4. The van der Waals surface area contributed by atoms with Gasteiger partial charge in [0.25, 0.3) is 5.56 Å². The van der Waals surface area contributed by atoms with Crippen LogP contribution in [0.4, 0.5) is 19.4 Å². The van der Waals surface area contributed by atoms with Gasteiger partial charge >= 0.3 is 6.09 Å². The average Bonchev–Trinajstić information content (AvgIpc) is 3.42. The van der Waals surface area contributed by atoms with Crippen molar-refractivity contribution in [2.75, 3.05) is 17.6 Å². The van der Waals surface area contributed by atoms with Crippen LogP contribution in [0.5, 0.6) is 5.75 Å². The summed E-state index contributed by atoms with van der Waals surface area (Å²) in [5.41, 5.74) is 0.583. The van der Waals surface area contributed by atoms with Gasteiger partial charge in [-0.05, 0) is 72.1 Å². The van der Waals surface area contributed by atoms with Crippen LogP contribution in [0.2, 0.25) is 5.02 Å². The zero-order valence-electron chi connectivity index (χ0n) is 27.4. The van der Waals surface area contributed by atoms with Crippen molar-refractivity contribution < 1.29 is 31.8 Å². The van der Waals surface area contributed by atoms with Crippen LogP contribution in [0, 0.1) is 23.0 Å². The molecule has 17 heteroatoms. The number of rotatable bonds is 11. The lowest BCUT2D eigenvalue weighted by molar-refractivity contribution is 0.189. The van der Waals surface area contributed by atoms with Gasteiger partial charge in [-0.2, -0.15) is 10.4 Å². The van der Waals surface area contributed by atoms with Gasteiger partial charge in [0, 0.05) is 19.5 Å². The van der Waals surface area contributed by atoms with Crippen molar-refractivity contribution in [2.45, 2.75) is 18.9 Å². The summed E-state index contributed by atoms with van der Waals surface area (Å²) in [4.78, 5) is 31.1. The van der Waals surface area contributed by atoms with Gasteiger partial charge in [0.2, 0.25) is 10.0 Å². The van der Waals surface area contributed by atoms with E-state index in [1.165, 1.54) is 49.2 Å². The number of hydrogen-bond donors (Lipinski definition) is 3. The van der Waals surface area contributed by atoms with E-state index in [2.05, 4.69) is 20.1 Å². The van der Waals surface area contributed by atoms with Crippen molar-refractivity contribution in [3.05, 3.63) is 122 Å². The minimum atomic E-state index is -4.00. The summed E-state index contributed by atoms with van der Waals surface area (Å²) in [5.74, 6) is -1.82. The molecule has 0 aliphatic rings. The fraction of sp³-hybridized carbons (Fsp3) is 0.171. The van der Waals surface area contributed by atoms with E-state index in [9.17, 15) is 37.2 Å². The summed E-state index contributed by atoms with van der Waals surface area (Å²) < 4.78 is 65.1. The molecule has 0 fully saturated rings. The van der Waals surface area contributed by atoms with Crippen LogP contribution in [0.25, 0.3) is 27.5 Å². The quantitative estimate of drug-likeness (QED) is 0.152. The molecule has 266 valence electrons. The predicted octanol–water partition coefficient (Wildman–Crippen LogP) is 5.62. The highest BCUT2D eigenvalue weighted by Crippen LogP contribution is 2.36. The van der Waals surface area contributed by atoms with Crippen LogP contribution < -0.4 is 20.3 Å². The topological polar surface area (TPSA) is 181 Å². The van der Waals surface area contributed by atoms with Crippen molar-refractivity contribution >= 4 is 55.3 Å². The zero-order valence-corrected chi connectivity index (χ0v) is 29.0. The molecule has 3 N–H and O–H groups in total. The fourth-order valence-electron chi connectivity index (χ4n) is 5.91. The number of hydrogen-bond acceptors (Lipinski definition) is 8. The van der Waals surface area contributed by atoms with Gasteiger partial charge in [-0.15, -0.1) is 0 Å². The number of nitrogens with zero attached hydrogens (tertiary/aromatic N) is 5. The van der Waals surface area contributed by atoms with Gasteiger partial charge in [-0.3, -0.25) is 18.8 Å². The fourth-order valence-corrected chi connectivity index (χ4v) is 7.20. The summed E-state index contributed by atoms with van der Waals surface area (Å²) in [6.45, 7) is 0. The van der Waals surface area contributed by atoms with Gasteiger partial charge < -0.3 is 15.2 Å². The molecule has 0 radical (unpaired) electrons. The standard InChI is InChI=1S/C35H28ClF2N7O6S/c1-44-31-29(10-9-26(36)30(31)32(42-44)43-52(49,50)12-11-19-3-6-24(51-2)7-4-19)45-33(40-27-15-20(18-39)5-8-25(27)34(45)46)28(41-35(47)48)16-21-13-22(37)17-23(38)14-21/h3-10,13-15,17,28,41H,11-12,16H2,1-2H3,(H,42,43)(H,47,48)/t28-/m0/s1. The average molecular weight is 748 g/mol. The predicted molar refractivity (Wildman–Crippen MR) is 189 cm³/mol. The number of nitriles is 1. The van der Waals surface area contributed by atoms with Gasteiger partial charge in [0.15, 0.2) is 5.82 Å². The number of ether oxygens (including phenoxy) is 1. The molecule has 0 aliphatic carbocycles. The van der Waals surface area contributed by atoms with Crippen molar-refractivity contribution in [3.63, 3.8) is 0 Å². The monoisotopic (exact) mass is 747 g/mol. The number of methoxy groups -OCH3 is 1. The zero-order chi connectivity index (χ0) is 37.3. The van der Waals surface area contributed by atoms with E-state index < -0.39 is 39.4 Å². The van der Waals surface area contributed by atoms with Crippen LogP contribution >= 0.6 is 11.6 Å². The highest BCUT2D eigenvalue weighted by Gasteiger charge is 2.28. The molecule has 13 nitrogen and oxygen atoms in total. The highest BCUT2D eigenvalue weighted by atomic mass is 35.5. The molecule has 6 aromatic rings. The Kier molecular flexibility index (Phi) is 9.83. The molecule has 6 rings (SSSR count). The lowest BCUT2D eigenvalue weighted by Gasteiger charge is -2.22. The van der Waals surface area contributed by atoms with Crippen LogP contribution in [0.3, 0.4) is 0 Å². The number of benzene rings is 4. The summed E-state index contributed by atoms with van der Waals surface area (Å²) in [6.07, 6.45) is -1.70. The number of carbonyl (C=O) groups is 1. The lowest BCUT2D eigenvalue weighted by atomic mass is 10.0. The van der Waals surface area contributed by atoms with Gasteiger partial charge in [-0.25, -0.2) is 27.0 Å². The Morgan fingerprint density at radius 3 is 2.42 bits per heavy atom. The Bertz CT molecular complexity index is 2570. The van der Waals surface area contributed by atoms with E-state index in [0.29, 0.717) is 11.8 Å². The molecule has 0 saturated carbocycles. The number of halogens is 3. The highest BCUT2D eigenvalue weighted by molar-refractivity contribution is 7.92. The second kappa shape index (κ2) is 14.3. The first-order chi connectivity index (χ1) is 24.8. The van der Waals surface area contributed by atoms with Gasteiger partial charge in [0.1, 0.15) is 23.2 Å². The molecule has 0 aliphatic heterocycles. The summed E-state index contributed by atoms with van der Waals surface area (Å²) in [6, 6.07) is 17.3. The molecular formula is C35H28ClF2N7O6S. The molecule has 0 spiro atoms. The molecule has 1 atom stereocenters. The van der Waals surface area contributed by atoms with E-state index >= 15 is 0 Å². The third-order valence-corrected chi connectivity index (χ3v) is 9.78. The van der Waals surface area contributed by atoms with E-state index in [1.807, 2.05) is 6.07 Å². The van der Waals surface area contributed by atoms with Crippen LogP contribution in [0.15, 0.2) is 77.6 Å². The van der Waals surface area contributed by atoms with Crippen molar-refractivity contribution in [1.29, 1.82) is 5.26 Å². The summed E-state index contributed by atoms with van der Waals surface area (Å²) in [7, 11) is -0.978. The first-order valence-corrected chi connectivity index (χ1v) is 17.5. The SMILES string of the molecule is COc1ccc(CCS(=O)(=O)Nc2nn(C)c3c(-n4c([C@H](Cc5cc(F)cc(F)c5)NC(=O)O)nc5cc(C#N)ccc5c4=O)ccc(Cl)c23)cc1.